The van der Waals surface area contributed by atoms with Gasteiger partial charge in [-0.1, -0.05) is 31.6 Å². The number of carbonyl (C=O) groups is 1. The van der Waals surface area contributed by atoms with E-state index in [1.54, 1.807) is 7.11 Å². The van der Waals surface area contributed by atoms with Crippen LogP contribution in [-0.4, -0.2) is 24.0 Å². The van der Waals surface area contributed by atoms with Crippen molar-refractivity contribution in [3.63, 3.8) is 0 Å². The summed E-state index contributed by atoms with van der Waals surface area (Å²) in [6.45, 7) is 3.98. The van der Waals surface area contributed by atoms with Crippen molar-refractivity contribution in [2.45, 2.75) is 26.3 Å². The van der Waals surface area contributed by atoms with E-state index in [9.17, 15) is 4.79 Å². The summed E-state index contributed by atoms with van der Waals surface area (Å²) in [6.07, 6.45) is 0.867. The third-order valence-corrected chi connectivity index (χ3v) is 4.32. The zero-order valence-electron chi connectivity index (χ0n) is 11.8. The van der Waals surface area contributed by atoms with E-state index in [-0.39, 0.29) is 11.8 Å². The van der Waals surface area contributed by atoms with Crippen molar-refractivity contribution in [3.05, 3.63) is 18.2 Å². The van der Waals surface area contributed by atoms with Gasteiger partial charge in [-0.25, -0.2) is 4.98 Å². The molecule has 0 radical (unpaired) electrons. The lowest BCUT2D eigenvalue weighted by atomic mass is 10.00. The van der Waals surface area contributed by atoms with Crippen molar-refractivity contribution in [1.82, 2.24) is 4.98 Å². The van der Waals surface area contributed by atoms with Crippen LogP contribution in [-0.2, 0) is 4.79 Å². The molecule has 0 aliphatic carbocycles. The average molecular weight is 293 g/mol. The second kappa shape index (κ2) is 6.19. The largest absolute Gasteiger partial charge is 0.497 e. The molecule has 0 saturated heterocycles. The third-order valence-electron chi connectivity index (χ3n) is 3.39. The van der Waals surface area contributed by atoms with Gasteiger partial charge in [-0.3, -0.25) is 4.79 Å². The molecule has 2 atom stereocenters. The van der Waals surface area contributed by atoms with Crippen molar-refractivity contribution >= 4 is 32.6 Å². The molecule has 0 aliphatic rings. The zero-order valence-corrected chi connectivity index (χ0v) is 12.7. The van der Waals surface area contributed by atoms with Crippen LogP contribution in [0.2, 0.25) is 0 Å². The highest BCUT2D eigenvalue weighted by atomic mass is 32.1. The number of hydrogen-bond acceptors (Lipinski definition) is 5. The normalized spacial score (nSPS) is 14.0. The molecule has 0 bridgehead atoms. The minimum Gasteiger partial charge on any atom is -0.497 e. The number of fused-ring (bicyclic) bond motifs is 1. The van der Waals surface area contributed by atoms with E-state index >= 15 is 0 Å². The van der Waals surface area contributed by atoms with Gasteiger partial charge in [0.15, 0.2) is 5.13 Å². The Hall–Kier alpha value is -1.66. The van der Waals surface area contributed by atoms with E-state index in [1.165, 1.54) is 11.3 Å². The molecule has 1 amide bonds. The van der Waals surface area contributed by atoms with Crippen LogP contribution in [0.4, 0.5) is 5.13 Å². The molecule has 0 saturated carbocycles. The molecule has 5 nitrogen and oxygen atoms in total. The van der Waals surface area contributed by atoms with Crippen LogP contribution in [0.25, 0.3) is 10.2 Å². The van der Waals surface area contributed by atoms with Gasteiger partial charge in [0.2, 0.25) is 5.91 Å². The summed E-state index contributed by atoms with van der Waals surface area (Å²) in [7, 11) is 1.62. The monoisotopic (exact) mass is 293 g/mol. The van der Waals surface area contributed by atoms with E-state index in [1.807, 2.05) is 32.0 Å². The minimum absolute atomic E-state index is 0.143. The molecule has 0 fully saturated rings. The highest BCUT2D eigenvalue weighted by Crippen LogP contribution is 2.29. The molecule has 2 unspecified atom stereocenters. The number of aromatic nitrogens is 1. The predicted molar refractivity (Wildman–Crippen MR) is 82.2 cm³/mol. The Morgan fingerprint density at radius 1 is 1.55 bits per heavy atom. The molecule has 108 valence electrons. The molecule has 6 heteroatoms. The molecular weight excluding hydrogens is 274 g/mol. The first-order chi connectivity index (χ1) is 9.55. The molecule has 0 aliphatic heterocycles. The first-order valence-electron chi connectivity index (χ1n) is 6.56. The summed E-state index contributed by atoms with van der Waals surface area (Å²) in [5, 5.41) is 3.35. The topological polar surface area (TPSA) is 77.2 Å². The van der Waals surface area contributed by atoms with Crippen LogP contribution >= 0.6 is 11.3 Å². The Morgan fingerprint density at radius 2 is 2.30 bits per heavy atom. The molecular formula is C14H19N3O2S. The van der Waals surface area contributed by atoms with Crippen LogP contribution in [0.3, 0.4) is 0 Å². The minimum atomic E-state index is -0.512. The number of benzene rings is 1. The lowest BCUT2D eigenvalue weighted by Gasteiger charge is -2.16. The van der Waals surface area contributed by atoms with Gasteiger partial charge in [0, 0.05) is 0 Å². The van der Waals surface area contributed by atoms with E-state index in [0.29, 0.717) is 5.13 Å². The number of amides is 1. The van der Waals surface area contributed by atoms with E-state index < -0.39 is 6.04 Å². The van der Waals surface area contributed by atoms with Crippen LogP contribution < -0.4 is 15.8 Å². The van der Waals surface area contributed by atoms with Crippen molar-refractivity contribution in [2.24, 2.45) is 11.7 Å². The van der Waals surface area contributed by atoms with Crippen molar-refractivity contribution in [3.8, 4) is 5.75 Å². The van der Waals surface area contributed by atoms with E-state index in [0.717, 1.165) is 22.4 Å². The second-order valence-corrected chi connectivity index (χ2v) is 5.78. The number of nitrogens with zero attached hydrogens (tertiary/aromatic N) is 1. The van der Waals surface area contributed by atoms with Crippen molar-refractivity contribution in [1.29, 1.82) is 0 Å². The number of ether oxygens (including phenoxy) is 1. The van der Waals surface area contributed by atoms with Crippen LogP contribution in [0.5, 0.6) is 5.75 Å². The van der Waals surface area contributed by atoms with Gasteiger partial charge in [-0.05, 0) is 24.1 Å². The van der Waals surface area contributed by atoms with Crippen LogP contribution in [0.1, 0.15) is 20.3 Å². The number of rotatable bonds is 5. The zero-order chi connectivity index (χ0) is 14.7. The molecule has 1 aromatic heterocycles. The second-order valence-electron chi connectivity index (χ2n) is 4.75. The Morgan fingerprint density at radius 3 is 2.95 bits per heavy atom. The summed E-state index contributed by atoms with van der Waals surface area (Å²) in [5.74, 6) is 0.727. The third kappa shape index (κ3) is 3.08. The molecule has 20 heavy (non-hydrogen) atoms. The van der Waals surface area contributed by atoms with Gasteiger partial charge in [-0.15, -0.1) is 0 Å². The number of nitrogens with one attached hydrogen (secondary N) is 1. The maximum atomic E-state index is 12.0. The lowest BCUT2D eigenvalue weighted by Crippen LogP contribution is -2.40. The summed E-state index contributed by atoms with van der Waals surface area (Å²) in [4.78, 5) is 16.4. The highest BCUT2D eigenvalue weighted by Gasteiger charge is 2.20. The molecule has 0 spiro atoms. The summed E-state index contributed by atoms with van der Waals surface area (Å²) in [5.41, 5.74) is 6.74. The lowest BCUT2D eigenvalue weighted by molar-refractivity contribution is -0.118. The number of methoxy groups -OCH3 is 1. The maximum Gasteiger partial charge on any atom is 0.243 e. The first-order valence-corrected chi connectivity index (χ1v) is 7.37. The smallest absolute Gasteiger partial charge is 0.243 e. The predicted octanol–water partition coefficient (Wildman–Crippen LogP) is 2.62. The van der Waals surface area contributed by atoms with Gasteiger partial charge in [0.05, 0.1) is 23.4 Å². The number of carbonyl (C=O) groups excluding carboxylic acids is 1. The summed E-state index contributed by atoms with van der Waals surface area (Å²) in [6, 6.07) is 5.10. The van der Waals surface area contributed by atoms with Gasteiger partial charge in [-0.2, -0.15) is 0 Å². The van der Waals surface area contributed by atoms with Crippen LogP contribution in [0.15, 0.2) is 18.2 Å². The first kappa shape index (κ1) is 14.7. The maximum absolute atomic E-state index is 12.0. The molecule has 3 N–H and O–H groups in total. The fourth-order valence-electron chi connectivity index (χ4n) is 1.79. The Bertz CT molecular complexity index is 611. The Kier molecular flexibility index (Phi) is 4.57. The average Bonchev–Trinajstić information content (AvgIpc) is 2.86. The number of nitrogens with two attached hydrogens (primary N) is 1. The van der Waals surface area contributed by atoms with Gasteiger partial charge in [0.1, 0.15) is 5.75 Å². The quantitative estimate of drug-likeness (QED) is 0.888. The Balaban J connectivity index is 2.15. The van der Waals surface area contributed by atoms with Crippen molar-refractivity contribution in [2.75, 3.05) is 12.4 Å². The fraction of sp³-hybridized carbons (Fsp3) is 0.429. The molecule has 2 rings (SSSR count). The Labute approximate surface area is 122 Å². The van der Waals surface area contributed by atoms with E-state index in [2.05, 4.69) is 10.3 Å². The van der Waals surface area contributed by atoms with Crippen LogP contribution in [0, 0.1) is 5.92 Å². The number of thiazole rings is 1. The molecule has 1 aromatic carbocycles. The number of anilines is 1. The fourth-order valence-corrected chi connectivity index (χ4v) is 2.68. The number of hydrogen-bond donors (Lipinski definition) is 2. The SMILES string of the molecule is CCC(C)C(N)C(=O)Nc1nc2ccc(OC)cc2s1. The van der Waals surface area contributed by atoms with Crippen molar-refractivity contribution < 1.29 is 9.53 Å². The summed E-state index contributed by atoms with van der Waals surface area (Å²) < 4.78 is 6.14. The highest BCUT2D eigenvalue weighted by molar-refractivity contribution is 7.22. The van der Waals surface area contributed by atoms with E-state index in [4.69, 9.17) is 10.5 Å². The standard InChI is InChI=1S/C14H19N3O2S/c1-4-8(2)12(15)13(18)17-14-16-10-6-5-9(19-3)7-11(10)20-14/h5-8,12H,4,15H2,1-3H3,(H,16,17,18). The molecule has 1 heterocycles. The van der Waals surface area contributed by atoms with Gasteiger partial charge >= 0.3 is 0 Å². The molecule has 2 aromatic rings. The van der Waals surface area contributed by atoms with Gasteiger partial charge in [0.25, 0.3) is 0 Å². The summed E-state index contributed by atoms with van der Waals surface area (Å²) >= 11 is 1.41. The van der Waals surface area contributed by atoms with Gasteiger partial charge < -0.3 is 15.8 Å².